The minimum Gasteiger partial charge on any atom is -0.457 e. The van der Waals surface area contributed by atoms with Crippen molar-refractivity contribution >= 4 is 23.0 Å². The van der Waals surface area contributed by atoms with Gasteiger partial charge < -0.3 is 9.73 Å². The standard InChI is InChI=1S/C21H19NO2/c23-20(13-12-18-14-17-8-4-5-9-19(17)24-18)22-21(16-10-11-16)15-6-2-1-3-7-15/h1-9,12-14,16,21H,10-11H2,(H,22,23)/b13-12+. The summed E-state index contributed by atoms with van der Waals surface area (Å²) >= 11 is 0. The van der Waals surface area contributed by atoms with Gasteiger partial charge in [0.25, 0.3) is 0 Å². The van der Waals surface area contributed by atoms with Gasteiger partial charge in [-0.15, -0.1) is 0 Å². The second kappa shape index (κ2) is 6.36. The lowest BCUT2D eigenvalue weighted by Gasteiger charge is -2.17. The molecule has 1 atom stereocenters. The van der Waals surface area contributed by atoms with Crippen LogP contribution in [0.25, 0.3) is 17.0 Å². The maximum absolute atomic E-state index is 12.3. The van der Waals surface area contributed by atoms with Gasteiger partial charge in [0.1, 0.15) is 11.3 Å². The van der Waals surface area contributed by atoms with Crippen LogP contribution in [0.5, 0.6) is 0 Å². The van der Waals surface area contributed by atoms with E-state index in [9.17, 15) is 4.79 Å². The summed E-state index contributed by atoms with van der Waals surface area (Å²) in [6.07, 6.45) is 5.63. The topological polar surface area (TPSA) is 42.2 Å². The van der Waals surface area contributed by atoms with E-state index < -0.39 is 0 Å². The summed E-state index contributed by atoms with van der Waals surface area (Å²) in [5.41, 5.74) is 2.00. The lowest BCUT2D eigenvalue weighted by molar-refractivity contribution is -0.117. The van der Waals surface area contributed by atoms with Crippen LogP contribution in [0.2, 0.25) is 0 Å². The molecule has 4 rings (SSSR count). The van der Waals surface area contributed by atoms with Gasteiger partial charge in [-0.2, -0.15) is 0 Å². The van der Waals surface area contributed by atoms with Gasteiger partial charge in [-0.25, -0.2) is 0 Å². The molecule has 120 valence electrons. The third-order valence-electron chi connectivity index (χ3n) is 4.39. The van der Waals surface area contributed by atoms with Crippen LogP contribution in [0, 0.1) is 5.92 Å². The molecule has 3 heteroatoms. The number of carbonyl (C=O) groups excluding carboxylic acids is 1. The fourth-order valence-electron chi connectivity index (χ4n) is 3.01. The average molecular weight is 317 g/mol. The number of carbonyl (C=O) groups is 1. The minimum atomic E-state index is -0.0868. The van der Waals surface area contributed by atoms with Crippen LogP contribution >= 0.6 is 0 Å². The number of amides is 1. The molecule has 1 aromatic heterocycles. The minimum absolute atomic E-state index is 0.0868. The number of para-hydroxylation sites is 1. The van der Waals surface area contributed by atoms with E-state index in [1.165, 1.54) is 18.4 Å². The summed E-state index contributed by atoms with van der Waals surface area (Å²) in [6, 6.07) is 20.0. The zero-order valence-electron chi connectivity index (χ0n) is 13.3. The van der Waals surface area contributed by atoms with Gasteiger partial charge in [0.2, 0.25) is 5.91 Å². The van der Waals surface area contributed by atoms with Crippen LogP contribution in [0.3, 0.4) is 0 Å². The first-order chi connectivity index (χ1) is 11.8. The van der Waals surface area contributed by atoms with E-state index in [1.807, 2.05) is 48.5 Å². The molecule has 0 spiro atoms. The van der Waals surface area contributed by atoms with E-state index in [2.05, 4.69) is 17.4 Å². The molecule has 0 saturated heterocycles. The summed E-state index contributed by atoms with van der Waals surface area (Å²) in [6.45, 7) is 0. The van der Waals surface area contributed by atoms with Crippen molar-refractivity contribution in [2.24, 2.45) is 5.92 Å². The van der Waals surface area contributed by atoms with Crippen LogP contribution in [-0.4, -0.2) is 5.91 Å². The van der Waals surface area contributed by atoms with Crippen molar-refractivity contribution in [2.75, 3.05) is 0 Å². The van der Waals surface area contributed by atoms with Gasteiger partial charge in [-0.05, 0) is 42.5 Å². The van der Waals surface area contributed by atoms with E-state index >= 15 is 0 Å². The largest absolute Gasteiger partial charge is 0.457 e. The molecule has 3 aromatic rings. The van der Waals surface area contributed by atoms with Crippen molar-refractivity contribution in [3.05, 3.63) is 78.1 Å². The summed E-state index contributed by atoms with van der Waals surface area (Å²) in [7, 11) is 0. The average Bonchev–Trinajstić information content (AvgIpc) is 3.37. The van der Waals surface area contributed by atoms with Crippen molar-refractivity contribution in [3.8, 4) is 0 Å². The lowest BCUT2D eigenvalue weighted by Crippen LogP contribution is -2.28. The number of nitrogens with one attached hydrogen (secondary N) is 1. The summed E-state index contributed by atoms with van der Waals surface area (Å²) in [5.74, 6) is 1.15. The number of hydrogen-bond donors (Lipinski definition) is 1. The molecule has 1 heterocycles. The van der Waals surface area contributed by atoms with E-state index in [0.29, 0.717) is 11.7 Å². The SMILES string of the molecule is O=C(/C=C/c1cc2ccccc2o1)NC(c1ccccc1)C1CC1. The van der Waals surface area contributed by atoms with Crippen LogP contribution in [0.4, 0.5) is 0 Å². The second-order valence-electron chi connectivity index (χ2n) is 6.25. The van der Waals surface area contributed by atoms with Crippen LogP contribution in [0.15, 0.2) is 71.2 Å². The Labute approximate surface area is 141 Å². The molecular formula is C21H19NO2. The Morgan fingerprint density at radius 2 is 1.83 bits per heavy atom. The third-order valence-corrected chi connectivity index (χ3v) is 4.39. The fourth-order valence-corrected chi connectivity index (χ4v) is 3.01. The van der Waals surface area contributed by atoms with Gasteiger partial charge in [-0.1, -0.05) is 48.5 Å². The van der Waals surface area contributed by atoms with Crippen molar-refractivity contribution in [3.63, 3.8) is 0 Å². The molecule has 0 aliphatic heterocycles. The quantitative estimate of drug-likeness (QED) is 0.692. The zero-order chi connectivity index (χ0) is 16.4. The van der Waals surface area contributed by atoms with Crippen LogP contribution in [-0.2, 0) is 4.79 Å². The number of hydrogen-bond acceptors (Lipinski definition) is 2. The molecule has 2 aromatic carbocycles. The first-order valence-electron chi connectivity index (χ1n) is 8.32. The molecule has 24 heavy (non-hydrogen) atoms. The van der Waals surface area contributed by atoms with E-state index in [4.69, 9.17) is 4.42 Å². The van der Waals surface area contributed by atoms with Gasteiger partial charge in [0.15, 0.2) is 0 Å². The highest BCUT2D eigenvalue weighted by Gasteiger charge is 2.32. The molecule has 1 saturated carbocycles. The molecule has 3 nitrogen and oxygen atoms in total. The Kier molecular flexibility index (Phi) is 3.91. The van der Waals surface area contributed by atoms with Crippen LogP contribution in [0.1, 0.15) is 30.2 Å². The Balaban J connectivity index is 1.47. The predicted octanol–water partition coefficient (Wildman–Crippen LogP) is 4.71. The van der Waals surface area contributed by atoms with Crippen LogP contribution < -0.4 is 5.32 Å². The highest BCUT2D eigenvalue weighted by molar-refractivity contribution is 5.92. The summed E-state index contributed by atoms with van der Waals surface area (Å²) in [5, 5.41) is 4.17. The number of fused-ring (bicyclic) bond motifs is 1. The molecule has 1 unspecified atom stereocenters. The first kappa shape index (κ1) is 14.8. The highest BCUT2D eigenvalue weighted by Crippen LogP contribution is 2.40. The van der Waals surface area contributed by atoms with Gasteiger partial charge in [-0.3, -0.25) is 4.79 Å². The maximum atomic E-state index is 12.3. The van der Waals surface area contributed by atoms with E-state index in [1.54, 1.807) is 12.2 Å². The number of rotatable bonds is 5. The van der Waals surface area contributed by atoms with E-state index in [0.717, 1.165) is 11.0 Å². The van der Waals surface area contributed by atoms with Gasteiger partial charge in [0, 0.05) is 11.5 Å². The molecule has 1 fully saturated rings. The second-order valence-corrected chi connectivity index (χ2v) is 6.25. The molecule has 1 amide bonds. The smallest absolute Gasteiger partial charge is 0.244 e. The number of benzene rings is 2. The Hall–Kier alpha value is -2.81. The van der Waals surface area contributed by atoms with Crippen molar-refractivity contribution < 1.29 is 9.21 Å². The molecular weight excluding hydrogens is 298 g/mol. The summed E-state index contributed by atoms with van der Waals surface area (Å²) < 4.78 is 5.70. The van der Waals surface area contributed by atoms with E-state index in [-0.39, 0.29) is 11.9 Å². The first-order valence-corrected chi connectivity index (χ1v) is 8.32. The Morgan fingerprint density at radius 1 is 1.08 bits per heavy atom. The Bertz CT molecular complexity index is 842. The van der Waals surface area contributed by atoms with Crippen molar-refractivity contribution in [1.82, 2.24) is 5.32 Å². The molecule has 1 aliphatic rings. The molecule has 1 N–H and O–H groups in total. The lowest BCUT2D eigenvalue weighted by atomic mass is 10.0. The fraction of sp³-hybridized carbons (Fsp3) is 0.190. The maximum Gasteiger partial charge on any atom is 0.244 e. The Morgan fingerprint density at radius 3 is 2.58 bits per heavy atom. The molecule has 0 radical (unpaired) electrons. The van der Waals surface area contributed by atoms with Gasteiger partial charge >= 0.3 is 0 Å². The van der Waals surface area contributed by atoms with Crippen molar-refractivity contribution in [2.45, 2.75) is 18.9 Å². The molecule has 0 bridgehead atoms. The summed E-state index contributed by atoms with van der Waals surface area (Å²) in [4.78, 5) is 12.3. The monoisotopic (exact) mass is 317 g/mol. The van der Waals surface area contributed by atoms with Crippen molar-refractivity contribution in [1.29, 1.82) is 0 Å². The zero-order valence-corrected chi connectivity index (χ0v) is 13.3. The molecule has 1 aliphatic carbocycles. The predicted molar refractivity (Wildman–Crippen MR) is 95.3 cm³/mol. The third kappa shape index (κ3) is 3.25. The highest BCUT2D eigenvalue weighted by atomic mass is 16.3. The normalized spacial score (nSPS) is 15.7. The van der Waals surface area contributed by atoms with Gasteiger partial charge in [0.05, 0.1) is 6.04 Å². The number of furan rings is 1.